The van der Waals surface area contributed by atoms with Crippen molar-refractivity contribution in [3.05, 3.63) is 28.1 Å². The van der Waals surface area contributed by atoms with Gasteiger partial charge in [0.15, 0.2) is 0 Å². The van der Waals surface area contributed by atoms with Gasteiger partial charge < -0.3 is 16.8 Å². The number of benzene rings is 1. The zero-order chi connectivity index (χ0) is 12.4. The first-order chi connectivity index (χ1) is 8.15. The lowest BCUT2D eigenvalue weighted by Gasteiger charge is -2.01. The van der Waals surface area contributed by atoms with Gasteiger partial charge in [0.1, 0.15) is 4.88 Å². The number of halogens is 1. The van der Waals surface area contributed by atoms with Crippen LogP contribution in [-0.4, -0.2) is 19.0 Å². The van der Waals surface area contributed by atoms with E-state index in [-0.39, 0.29) is 5.91 Å². The minimum Gasteiger partial charge on any atom is -0.397 e. The Morgan fingerprint density at radius 2 is 2.24 bits per heavy atom. The molecule has 1 aromatic carbocycles. The predicted molar refractivity (Wildman–Crippen MR) is 72.6 cm³/mol. The molecule has 0 aliphatic heterocycles. The maximum atomic E-state index is 11.8. The Hall–Kier alpha value is -1.30. The van der Waals surface area contributed by atoms with E-state index in [0.717, 1.165) is 10.1 Å². The first-order valence-corrected chi connectivity index (χ1v) is 6.29. The summed E-state index contributed by atoms with van der Waals surface area (Å²) >= 11 is 7.39. The Morgan fingerprint density at radius 3 is 2.88 bits per heavy atom. The normalized spacial score (nSPS) is 10.7. The molecule has 0 bridgehead atoms. The minimum atomic E-state index is -0.204. The molecule has 2 rings (SSSR count). The lowest BCUT2D eigenvalue weighted by molar-refractivity contribution is 0.0959. The quantitative estimate of drug-likeness (QED) is 0.795. The van der Waals surface area contributed by atoms with Gasteiger partial charge in [-0.25, -0.2) is 0 Å². The number of fused-ring (bicyclic) bond motifs is 1. The molecule has 90 valence electrons. The molecular formula is C11H12ClN3OS. The van der Waals surface area contributed by atoms with E-state index in [1.54, 1.807) is 6.07 Å². The molecule has 2 aromatic rings. The lowest BCUT2D eigenvalue weighted by atomic mass is 10.2. The first kappa shape index (κ1) is 12.2. The van der Waals surface area contributed by atoms with Crippen LogP contribution in [0.1, 0.15) is 9.67 Å². The van der Waals surface area contributed by atoms with Crippen LogP contribution in [0.3, 0.4) is 0 Å². The van der Waals surface area contributed by atoms with Crippen molar-refractivity contribution in [3.8, 4) is 0 Å². The largest absolute Gasteiger partial charge is 0.397 e. The molecule has 1 amide bonds. The molecular weight excluding hydrogens is 258 g/mol. The second-order valence-corrected chi connectivity index (χ2v) is 4.96. The molecule has 0 radical (unpaired) electrons. The summed E-state index contributed by atoms with van der Waals surface area (Å²) in [5.41, 5.74) is 11.7. The highest BCUT2D eigenvalue weighted by atomic mass is 35.5. The van der Waals surface area contributed by atoms with Crippen molar-refractivity contribution in [1.82, 2.24) is 5.32 Å². The first-order valence-electron chi connectivity index (χ1n) is 5.10. The molecule has 6 heteroatoms. The zero-order valence-corrected chi connectivity index (χ0v) is 10.6. The van der Waals surface area contributed by atoms with Crippen LogP contribution in [0.2, 0.25) is 5.02 Å². The summed E-state index contributed by atoms with van der Waals surface area (Å²) in [5.74, 6) is -0.204. The number of rotatable bonds is 3. The summed E-state index contributed by atoms with van der Waals surface area (Å²) in [4.78, 5) is 12.3. The van der Waals surface area contributed by atoms with Gasteiger partial charge in [-0.05, 0) is 12.1 Å². The van der Waals surface area contributed by atoms with E-state index < -0.39 is 0 Å². The van der Waals surface area contributed by atoms with Crippen LogP contribution in [0.15, 0.2) is 18.2 Å². The van der Waals surface area contributed by atoms with Crippen LogP contribution in [0.5, 0.6) is 0 Å². The molecule has 0 saturated carbocycles. The molecule has 0 spiro atoms. The third-order valence-corrected chi connectivity index (χ3v) is 3.82. The summed E-state index contributed by atoms with van der Waals surface area (Å²) in [7, 11) is 0. The van der Waals surface area contributed by atoms with Crippen LogP contribution < -0.4 is 16.8 Å². The predicted octanol–water partition coefficient (Wildman–Crippen LogP) is 1.83. The van der Waals surface area contributed by atoms with Crippen molar-refractivity contribution in [2.75, 3.05) is 18.8 Å². The molecule has 1 heterocycles. The molecule has 0 atom stereocenters. The molecule has 0 aliphatic carbocycles. The monoisotopic (exact) mass is 269 g/mol. The van der Waals surface area contributed by atoms with E-state index in [2.05, 4.69) is 5.32 Å². The van der Waals surface area contributed by atoms with Gasteiger partial charge >= 0.3 is 0 Å². The standard InChI is InChI=1S/C11H12ClN3OS/c12-6-2-1-3-7-8(6)9(14)10(17-7)11(16)15-5-4-13/h1-3H,4-5,13-14H2,(H,15,16). The summed E-state index contributed by atoms with van der Waals surface area (Å²) in [6.07, 6.45) is 0. The van der Waals surface area contributed by atoms with Crippen molar-refractivity contribution in [2.24, 2.45) is 5.73 Å². The highest BCUT2D eigenvalue weighted by Gasteiger charge is 2.17. The van der Waals surface area contributed by atoms with E-state index in [4.69, 9.17) is 23.1 Å². The van der Waals surface area contributed by atoms with Crippen LogP contribution in [0.25, 0.3) is 10.1 Å². The number of nitrogens with one attached hydrogen (secondary N) is 1. The van der Waals surface area contributed by atoms with Crippen molar-refractivity contribution < 1.29 is 4.79 Å². The number of amides is 1. The maximum Gasteiger partial charge on any atom is 0.263 e. The van der Waals surface area contributed by atoms with Crippen LogP contribution in [0, 0.1) is 0 Å². The highest BCUT2D eigenvalue weighted by Crippen LogP contribution is 2.37. The molecule has 0 aliphatic rings. The summed E-state index contributed by atoms with van der Waals surface area (Å²) in [5, 5.41) is 4.00. The van der Waals surface area contributed by atoms with E-state index in [0.29, 0.717) is 28.7 Å². The number of hydrogen-bond donors (Lipinski definition) is 3. The maximum absolute atomic E-state index is 11.8. The molecule has 0 saturated heterocycles. The fraction of sp³-hybridized carbons (Fsp3) is 0.182. The minimum absolute atomic E-state index is 0.204. The summed E-state index contributed by atoms with van der Waals surface area (Å²) in [6, 6.07) is 5.48. The average molecular weight is 270 g/mol. The van der Waals surface area contributed by atoms with Gasteiger partial charge in [0.25, 0.3) is 5.91 Å². The van der Waals surface area contributed by atoms with Crippen molar-refractivity contribution >= 4 is 44.6 Å². The van der Waals surface area contributed by atoms with Gasteiger partial charge in [-0.3, -0.25) is 4.79 Å². The number of nitrogen functional groups attached to an aromatic ring is 1. The SMILES string of the molecule is NCCNC(=O)c1sc2cccc(Cl)c2c1N. The number of thiophene rings is 1. The fourth-order valence-electron chi connectivity index (χ4n) is 1.56. The second-order valence-electron chi connectivity index (χ2n) is 3.50. The van der Waals surface area contributed by atoms with Crippen LogP contribution >= 0.6 is 22.9 Å². The highest BCUT2D eigenvalue weighted by molar-refractivity contribution is 7.21. The van der Waals surface area contributed by atoms with Crippen molar-refractivity contribution in [2.45, 2.75) is 0 Å². The number of nitrogens with two attached hydrogens (primary N) is 2. The topological polar surface area (TPSA) is 81.1 Å². The van der Waals surface area contributed by atoms with E-state index in [9.17, 15) is 4.79 Å². The zero-order valence-electron chi connectivity index (χ0n) is 9.00. The fourth-order valence-corrected chi connectivity index (χ4v) is 2.96. The van der Waals surface area contributed by atoms with Crippen LogP contribution in [-0.2, 0) is 0 Å². The second kappa shape index (κ2) is 4.91. The van der Waals surface area contributed by atoms with Crippen LogP contribution in [0.4, 0.5) is 5.69 Å². The molecule has 0 unspecified atom stereocenters. The lowest BCUT2D eigenvalue weighted by Crippen LogP contribution is -2.28. The van der Waals surface area contributed by atoms with Gasteiger partial charge in [0.05, 0.1) is 10.7 Å². The van der Waals surface area contributed by atoms with Gasteiger partial charge in [-0.1, -0.05) is 17.7 Å². The third kappa shape index (κ3) is 2.22. The molecule has 17 heavy (non-hydrogen) atoms. The van der Waals surface area contributed by atoms with Gasteiger partial charge in [-0.15, -0.1) is 11.3 Å². The Bertz CT molecular complexity index is 567. The summed E-state index contributed by atoms with van der Waals surface area (Å²) in [6.45, 7) is 0.831. The Labute approximate surface area is 108 Å². The molecule has 5 N–H and O–H groups in total. The van der Waals surface area contributed by atoms with E-state index in [1.165, 1.54) is 11.3 Å². The Kier molecular flexibility index (Phi) is 3.51. The van der Waals surface area contributed by atoms with Crippen molar-refractivity contribution in [1.29, 1.82) is 0 Å². The Balaban J connectivity index is 2.46. The molecule has 0 fully saturated rings. The Morgan fingerprint density at radius 1 is 1.47 bits per heavy atom. The van der Waals surface area contributed by atoms with Crippen molar-refractivity contribution in [3.63, 3.8) is 0 Å². The molecule has 4 nitrogen and oxygen atoms in total. The summed E-state index contributed by atoms with van der Waals surface area (Å²) < 4.78 is 0.910. The average Bonchev–Trinajstić information content (AvgIpc) is 2.65. The number of anilines is 1. The van der Waals surface area contributed by atoms with Gasteiger partial charge in [0.2, 0.25) is 0 Å². The number of carbonyl (C=O) groups excluding carboxylic acids is 1. The number of hydrogen-bond acceptors (Lipinski definition) is 4. The third-order valence-electron chi connectivity index (χ3n) is 2.34. The van der Waals surface area contributed by atoms with E-state index >= 15 is 0 Å². The van der Waals surface area contributed by atoms with E-state index in [1.807, 2.05) is 12.1 Å². The molecule has 1 aromatic heterocycles. The smallest absolute Gasteiger partial charge is 0.263 e. The number of carbonyl (C=O) groups is 1. The van der Waals surface area contributed by atoms with Gasteiger partial charge in [-0.2, -0.15) is 0 Å². The van der Waals surface area contributed by atoms with Gasteiger partial charge in [0, 0.05) is 23.2 Å².